The van der Waals surface area contributed by atoms with Gasteiger partial charge in [0.15, 0.2) is 18.2 Å². The van der Waals surface area contributed by atoms with Gasteiger partial charge in [0.2, 0.25) is 5.78 Å². The quantitative estimate of drug-likeness (QED) is 0.209. The average molecular weight is 643 g/mol. The summed E-state index contributed by atoms with van der Waals surface area (Å²) in [6, 6.07) is 1.98. The molecular weight excluding hydrogens is 600 g/mol. The fourth-order valence-electron chi connectivity index (χ4n) is 10.6. The lowest BCUT2D eigenvalue weighted by Gasteiger charge is -2.63. The second-order valence-electron chi connectivity index (χ2n) is 15.2. The van der Waals surface area contributed by atoms with E-state index in [-0.39, 0.29) is 34.9 Å². The van der Waals surface area contributed by atoms with Gasteiger partial charge in [0.25, 0.3) is 0 Å². The zero-order valence-corrected chi connectivity index (χ0v) is 26.8. The van der Waals surface area contributed by atoms with Crippen LogP contribution in [0.3, 0.4) is 0 Å². The molecular formula is C34H42O12. The highest BCUT2D eigenvalue weighted by molar-refractivity contribution is 6.04. The first-order valence-electron chi connectivity index (χ1n) is 15.9. The predicted octanol–water partition coefficient (Wildman–Crippen LogP) is 2.61. The van der Waals surface area contributed by atoms with Gasteiger partial charge in [-0.3, -0.25) is 9.59 Å². The van der Waals surface area contributed by atoms with Crippen molar-refractivity contribution < 1.29 is 58.2 Å². The lowest BCUT2D eigenvalue weighted by molar-refractivity contribution is -0.306. The van der Waals surface area contributed by atoms with E-state index < -0.39 is 70.6 Å². The minimum atomic E-state index is -1.87. The number of aliphatic carboxylic acids is 1. The Morgan fingerprint density at radius 2 is 1.76 bits per heavy atom. The first kappa shape index (κ1) is 31.7. The molecule has 4 fully saturated rings. The number of carbonyl (C=O) groups is 3. The monoisotopic (exact) mass is 642 g/mol. The highest BCUT2D eigenvalue weighted by Gasteiger charge is 2.87. The summed E-state index contributed by atoms with van der Waals surface area (Å²) >= 11 is 0. The Labute approximate surface area is 266 Å². The van der Waals surface area contributed by atoms with Gasteiger partial charge >= 0.3 is 11.9 Å². The molecule has 4 N–H and O–H groups in total. The Balaban J connectivity index is 1.31. The van der Waals surface area contributed by atoms with E-state index in [0.717, 1.165) is 18.4 Å². The van der Waals surface area contributed by atoms with Crippen LogP contribution in [0.5, 0.6) is 0 Å². The molecule has 2 aliphatic heterocycles. The van der Waals surface area contributed by atoms with Crippen LogP contribution in [-0.4, -0.2) is 86.7 Å². The minimum absolute atomic E-state index is 0.0553. The fraction of sp³-hybridized carbons (Fsp3) is 0.676. The largest absolute Gasteiger partial charge is 0.479 e. The van der Waals surface area contributed by atoms with Crippen LogP contribution in [0.2, 0.25) is 0 Å². The summed E-state index contributed by atoms with van der Waals surface area (Å²) in [6.07, 6.45) is -0.556. The van der Waals surface area contributed by atoms with Gasteiger partial charge in [0.1, 0.15) is 23.9 Å². The zero-order chi connectivity index (χ0) is 33.4. The normalized spacial score (nSPS) is 48.6. The Hall–Kier alpha value is -2.87. The number of allylic oxidation sites excluding steroid dienone is 2. The van der Waals surface area contributed by atoms with E-state index in [4.69, 9.17) is 23.4 Å². The molecule has 3 heterocycles. The van der Waals surface area contributed by atoms with Gasteiger partial charge in [-0.05, 0) is 55.2 Å². The molecule has 1 aromatic rings. The Kier molecular flexibility index (Phi) is 6.78. The van der Waals surface area contributed by atoms with Gasteiger partial charge < -0.3 is 43.8 Å². The van der Waals surface area contributed by atoms with Crippen molar-refractivity contribution in [3.63, 3.8) is 0 Å². The van der Waals surface area contributed by atoms with Crippen LogP contribution in [0.15, 0.2) is 46.5 Å². The Morgan fingerprint density at radius 1 is 1.04 bits per heavy atom. The van der Waals surface area contributed by atoms with E-state index in [1.54, 1.807) is 18.6 Å². The number of rotatable bonds is 5. The lowest BCUT2D eigenvalue weighted by Crippen LogP contribution is -2.67. The molecule has 0 amide bonds. The van der Waals surface area contributed by atoms with Gasteiger partial charge in [-0.25, -0.2) is 4.79 Å². The number of carboxylic acids is 1. The number of Topliss-reactive ketones (excluding diaryl/α,β-unsaturated/α-hetero) is 1. The molecule has 2 saturated heterocycles. The molecule has 0 radical (unpaired) electrons. The molecule has 1 spiro atoms. The minimum Gasteiger partial charge on any atom is -0.479 e. The third-order valence-corrected chi connectivity index (χ3v) is 12.6. The van der Waals surface area contributed by atoms with Crippen molar-refractivity contribution >= 4 is 17.7 Å². The molecule has 46 heavy (non-hydrogen) atoms. The van der Waals surface area contributed by atoms with Crippen LogP contribution in [0.25, 0.3) is 0 Å². The number of carboxylic acid groups (broad SMARTS) is 1. The standard InChI is InChI=1S/C34H42O12/c1-15(35)43-25-26-30(2,3)19(44-29-23(38)21(36)22(37)24(45-29)28(40)41)8-10-31(26,4)18-7-11-32(5)17(16-9-12-42-14-16)13-20-34(32,46-20)33(18,6)27(25)39/h8-10,12,14,17-24,29,36-38H,7,11,13H2,1-6H3,(H,40,41)/t17-,18+,19-,20+,21-,22-,23+,24-,29+,31+,32-,33-,34+/m0/s1. The van der Waals surface area contributed by atoms with Crippen LogP contribution in [0, 0.1) is 27.6 Å². The lowest BCUT2D eigenvalue weighted by atomic mass is 9.39. The van der Waals surface area contributed by atoms with Gasteiger partial charge in [-0.15, -0.1) is 0 Å². The van der Waals surface area contributed by atoms with Crippen LogP contribution in [-0.2, 0) is 33.3 Å². The fourth-order valence-corrected chi connectivity index (χ4v) is 10.6. The van der Waals surface area contributed by atoms with Gasteiger partial charge in [-0.1, -0.05) is 39.8 Å². The molecule has 0 bridgehead atoms. The van der Waals surface area contributed by atoms with Crippen LogP contribution in [0.1, 0.15) is 72.3 Å². The number of hydrogen-bond donors (Lipinski definition) is 4. The molecule has 12 heteroatoms. The van der Waals surface area contributed by atoms with E-state index in [2.05, 4.69) is 6.92 Å². The molecule has 0 aromatic carbocycles. The maximum atomic E-state index is 15.1. The zero-order valence-electron chi connectivity index (χ0n) is 26.8. The number of carbonyl (C=O) groups excluding carboxylic acids is 2. The Bertz CT molecular complexity index is 1540. The highest BCUT2D eigenvalue weighted by Crippen LogP contribution is 2.81. The summed E-state index contributed by atoms with van der Waals surface area (Å²) in [6.45, 7) is 11.1. The summed E-state index contributed by atoms with van der Waals surface area (Å²) in [5.74, 6) is -2.64. The van der Waals surface area contributed by atoms with Crippen molar-refractivity contribution in [2.75, 3.05) is 0 Å². The topological polar surface area (TPSA) is 185 Å². The Morgan fingerprint density at radius 3 is 2.39 bits per heavy atom. The van der Waals surface area contributed by atoms with Crippen LogP contribution in [0.4, 0.5) is 0 Å². The maximum absolute atomic E-state index is 15.1. The molecule has 7 rings (SSSR count). The predicted molar refractivity (Wildman–Crippen MR) is 157 cm³/mol. The number of aliphatic hydroxyl groups excluding tert-OH is 3. The van der Waals surface area contributed by atoms with Crippen molar-refractivity contribution in [1.29, 1.82) is 0 Å². The van der Waals surface area contributed by atoms with Gasteiger partial charge in [0, 0.05) is 23.2 Å². The van der Waals surface area contributed by atoms with Crippen molar-refractivity contribution in [2.45, 2.75) is 115 Å². The van der Waals surface area contributed by atoms with Crippen LogP contribution < -0.4 is 0 Å². The summed E-state index contributed by atoms with van der Waals surface area (Å²) in [5, 5.41) is 40.8. The van der Waals surface area contributed by atoms with E-state index in [0.29, 0.717) is 12.0 Å². The number of epoxide rings is 1. The second-order valence-corrected chi connectivity index (χ2v) is 15.2. The summed E-state index contributed by atoms with van der Waals surface area (Å²) in [4.78, 5) is 39.4. The van der Waals surface area contributed by atoms with E-state index in [1.807, 2.05) is 39.8 Å². The molecule has 6 aliphatic rings. The molecule has 13 atom stereocenters. The highest BCUT2D eigenvalue weighted by atomic mass is 16.7. The molecule has 1 aromatic heterocycles. The van der Waals surface area contributed by atoms with Crippen molar-refractivity contribution in [3.8, 4) is 0 Å². The number of ketones is 1. The van der Waals surface area contributed by atoms with Crippen molar-refractivity contribution in [2.24, 2.45) is 27.6 Å². The number of furan rings is 1. The third kappa shape index (κ3) is 3.74. The maximum Gasteiger partial charge on any atom is 0.335 e. The third-order valence-electron chi connectivity index (χ3n) is 12.6. The van der Waals surface area contributed by atoms with E-state index in [9.17, 15) is 30.0 Å². The average Bonchev–Trinajstić information content (AvgIpc) is 3.33. The molecule has 2 saturated carbocycles. The molecule has 4 aliphatic carbocycles. The smallest absolute Gasteiger partial charge is 0.335 e. The second kappa shape index (κ2) is 9.83. The van der Waals surface area contributed by atoms with E-state index in [1.165, 1.54) is 6.92 Å². The van der Waals surface area contributed by atoms with E-state index >= 15 is 4.79 Å². The summed E-state index contributed by atoms with van der Waals surface area (Å²) < 4.78 is 29.5. The van der Waals surface area contributed by atoms with Gasteiger partial charge in [0.05, 0.1) is 30.1 Å². The number of hydrogen-bond acceptors (Lipinski definition) is 11. The SMILES string of the molecule is CC(=O)OC1=C2C(C)(C)[C@@H](O[C@@H]3O[C@H](C(=O)O)[C@@H](O)[C@H](O)[C@H]3O)C=C[C@]2(C)[C@H]2CC[C@@]3(C)[C@H](c4ccoc4)C[C@H]4O[C@]43[C@]2(C)C1=O. The first-order valence-corrected chi connectivity index (χ1v) is 15.9. The van der Waals surface area contributed by atoms with Gasteiger partial charge in [-0.2, -0.15) is 0 Å². The first-order chi connectivity index (χ1) is 21.5. The number of aliphatic hydroxyl groups is 3. The van der Waals surface area contributed by atoms with Crippen LogP contribution >= 0.6 is 0 Å². The summed E-state index contributed by atoms with van der Waals surface area (Å²) in [5.41, 5.74) is -2.41. The molecule has 0 unspecified atom stereocenters. The number of ether oxygens (including phenoxy) is 4. The number of fused-ring (bicyclic) bond motifs is 3. The van der Waals surface area contributed by atoms with Crippen molar-refractivity contribution in [3.05, 3.63) is 47.6 Å². The molecule has 250 valence electrons. The van der Waals surface area contributed by atoms with Crippen molar-refractivity contribution in [1.82, 2.24) is 0 Å². The number of esters is 1. The summed E-state index contributed by atoms with van der Waals surface area (Å²) in [7, 11) is 0. The molecule has 12 nitrogen and oxygen atoms in total.